The molecule has 2 heterocycles. The third kappa shape index (κ3) is 5.08. The van der Waals surface area contributed by atoms with Crippen molar-refractivity contribution in [3.63, 3.8) is 0 Å². The zero-order valence-corrected chi connectivity index (χ0v) is 15.8. The lowest BCUT2D eigenvalue weighted by molar-refractivity contribution is 0.1000. The summed E-state index contributed by atoms with van der Waals surface area (Å²) < 4.78 is 6.36. The van der Waals surface area contributed by atoms with Gasteiger partial charge in [-0.1, -0.05) is 12.1 Å². The number of carbonyl (C=O) groups is 1. The number of anilines is 1. The normalized spacial score (nSPS) is 15.5. The van der Waals surface area contributed by atoms with Gasteiger partial charge in [0, 0.05) is 35.3 Å². The van der Waals surface area contributed by atoms with Gasteiger partial charge in [0.15, 0.2) is 0 Å². The molecule has 0 bridgehead atoms. The molecule has 3 rings (SSSR count). The first-order valence-electron chi connectivity index (χ1n) is 7.54. The highest BCUT2D eigenvalue weighted by molar-refractivity contribution is 9.11. The van der Waals surface area contributed by atoms with Crippen LogP contribution >= 0.6 is 39.0 Å². The Bertz CT molecular complexity index is 668. The largest absolute Gasteiger partial charge is 0.381 e. The molecule has 1 saturated heterocycles. The predicted octanol–water partition coefficient (Wildman–Crippen LogP) is 5.18. The second-order valence-corrected chi connectivity index (χ2v) is 9.00. The lowest BCUT2D eigenvalue weighted by Gasteiger charge is -2.21. The van der Waals surface area contributed by atoms with Gasteiger partial charge in [0.05, 0.1) is 9.35 Å². The summed E-state index contributed by atoms with van der Waals surface area (Å²) in [7, 11) is 0. The van der Waals surface area contributed by atoms with Gasteiger partial charge in [-0.15, -0.1) is 11.3 Å². The first-order chi connectivity index (χ1) is 11.2. The second-order valence-electron chi connectivity index (χ2n) is 5.42. The van der Waals surface area contributed by atoms with Crippen LogP contribution in [0.4, 0.5) is 5.69 Å². The standard InChI is InChI=1S/C17H18BrNO2S2/c18-16-9-13(11-23-16)17(20)19-14-3-1-2-12(8-14)10-22-15-4-6-21-7-5-15/h1-3,8-9,11,15H,4-7,10H2,(H,19,20). The number of hydrogen-bond donors (Lipinski definition) is 1. The van der Waals surface area contributed by atoms with Crippen molar-refractivity contribution in [3.8, 4) is 0 Å². The van der Waals surface area contributed by atoms with E-state index in [0.717, 1.165) is 41.3 Å². The Kier molecular flexibility index (Phi) is 6.16. The predicted molar refractivity (Wildman–Crippen MR) is 102 cm³/mol. The van der Waals surface area contributed by atoms with Crippen molar-refractivity contribution in [2.45, 2.75) is 23.8 Å². The molecule has 6 heteroatoms. The van der Waals surface area contributed by atoms with Crippen LogP contribution in [0.25, 0.3) is 0 Å². The van der Waals surface area contributed by atoms with E-state index in [4.69, 9.17) is 4.74 Å². The van der Waals surface area contributed by atoms with Crippen molar-refractivity contribution in [3.05, 3.63) is 50.6 Å². The third-order valence-electron chi connectivity index (χ3n) is 3.67. The lowest BCUT2D eigenvalue weighted by Crippen LogP contribution is -2.17. The van der Waals surface area contributed by atoms with Crippen LogP contribution in [-0.4, -0.2) is 24.4 Å². The number of thiophene rings is 1. The Morgan fingerprint density at radius 3 is 2.91 bits per heavy atom. The van der Waals surface area contributed by atoms with Crippen LogP contribution in [0, 0.1) is 0 Å². The number of carbonyl (C=O) groups excluding carboxylic acids is 1. The van der Waals surface area contributed by atoms with Crippen LogP contribution in [0.1, 0.15) is 28.8 Å². The molecule has 3 nitrogen and oxygen atoms in total. The van der Waals surface area contributed by atoms with Gasteiger partial charge in [-0.25, -0.2) is 0 Å². The van der Waals surface area contributed by atoms with E-state index in [0.29, 0.717) is 10.8 Å². The number of rotatable bonds is 5. The summed E-state index contributed by atoms with van der Waals surface area (Å²) in [6, 6.07) is 9.95. The summed E-state index contributed by atoms with van der Waals surface area (Å²) in [4.78, 5) is 12.2. The van der Waals surface area contributed by atoms with Crippen molar-refractivity contribution in [1.82, 2.24) is 0 Å². The maximum Gasteiger partial charge on any atom is 0.256 e. The molecule has 1 fully saturated rings. The summed E-state index contributed by atoms with van der Waals surface area (Å²) >= 11 is 6.88. The molecule has 23 heavy (non-hydrogen) atoms. The summed E-state index contributed by atoms with van der Waals surface area (Å²) in [5.74, 6) is 0.902. The van der Waals surface area contributed by atoms with E-state index >= 15 is 0 Å². The molecule has 0 unspecified atom stereocenters. The molecule has 1 aliphatic rings. The van der Waals surface area contributed by atoms with Crippen molar-refractivity contribution >= 4 is 50.6 Å². The molecule has 122 valence electrons. The Labute approximate surface area is 152 Å². The topological polar surface area (TPSA) is 38.3 Å². The molecule has 1 N–H and O–H groups in total. The molecule has 1 aliphatic heterocycles. The van der Waals surface area contributed by atoms with E-state index in [1.165, 1.54) is 16.9 Å². The summed E-state index contributed by atoms with van der Waals surface area (Å²) in [5.41, 5.74) is 2.78. The third-order valence-corrected chi connectivity index (χ3v) is 6.62. The van der Waals surface area contributed by atoms with Gasteiger partial charge < -0.3 is 10.1 Å². The Morgan fingerprint density at radius 2 is 2.17 bits per heavy atom. The smallest absolute Gasteiger partial charge is 0.256 e. The maximum absolute atomic E-state index is 12.2. The number of nitrogens with one attached hydrogen (secondary N) is 1. The fraction of sp³-hybridized carbons (Fsp3) is 0.353. The van der Waals surface area contributed by atoms with Crippen molar-refractivity contribution < 1.29 is 9.53 Å². The second kappa shape index (κ2) is 8.33. The highest BCUT2D eigenvalue weighted by Crippen LogP contribution is 2.27. The Balaban J connectivity index is 1.57. The number of amides is 1. The van der Waals surface area contributed by atoms with Crippen LogP contribution in [0.15, 0.2) is 39.5 Å². The number of hydrogen-bond acceptors (Lipinski definition) is 4. The molecule has 0 spiro atoms. The summed E-state index contributed by atoms with van der Waals surface area (Å²) in [6.07, 6.45) is 2.27. The molecule has 2 aromatic rings. The van der Waals surface area contributed by atoms with E-state index in [1.807, 2.05) is 35.3 Å². The van der Waals surface area contributed by atoms with Crippen LogP contribution < -0.4 is 5.32 Å². The van der Waals surface area contributed by atoms with E-state index in [-0.39, 0.29) is 5.91 Å². The van der Waals surface area contributed by atoms with Gasteiger partial charge in [0.25, 0.3) is 5.91 Å². The van der Waals surface area contributed by atoms with E-state index < -0.39 is 0 Å². The first-order valence-corrected chi connectivity index (χ1v) is 10.3. The zero-order chi connectivity index (χ0) is 16.1. The van der Waals surface area contributed by atoms with Gasteiger partial charge >= 0.3 is 0 Å². The number of halogens is 1. The minimum Gasteiger partial charge on any atom is -0.381 e. The SMILES string of the molecule is O=C(Nc1cccc(CSC2CCOCC2)c1)c1csc(Br)c1. The van der Waals surface area contributed by atoms with Gasteiger partial charge in [0.2, 0.25) is 0 Å². The number of thioether (sulfide) groups is 1. The monoisotopic (exact) mass is 411 g/mol. The summed E-state index contributed by atoms with van der Waals surface area (Å²) in [6.45, 7) is 1.76. The highest BCUT2D eigenvalue weighted by atomic mass is 79.9. The van der Waals surface area contributed by atoms with E-state index in [1.54, 1.807) is 0 Å². The lowest BCUT2D eigenvalue weighted by atomic mass is 10.2. The number of benzene rings is 1. The van der Waals surface area contributed by atoms with Crippen molar-refractivity contribution in [1.29, 1.82) is 0 Å². The fourth-order valence-electron chi connectivity index (χ4n) is 2.43. The minimum absolute atomic E-state index is 0.0683. The Morgan fingerprint density at radius 1 is 1.35 bits per heavy atom. The zero-order valence-electron chi connectivity index (χ0n) is 12.6. The van der Waals surface area contributed by atoms with Crippen LogP contribution in [0.5, 0.6) is 0 Å². The van der Waals surface area contributed by atoms with E-state index in [2.05, 4.69) is 33.4 Å². The molecule has 1 aromatic heterocycles. The van der Waals surface area contributed by atoms with Gasteiger partial charge in [0.1, 0.15) is 0 Å². The molecule has 0 saturated carbocycles. The molecule has 0 radical (unpaired) electrons. The van der Waals surface area contributed by atoms with Gasteiger partial charge in [-0.3, -0.25) is 4.79 Å². The van der Waals surface area contributed by atoms with Gasteiger partial charge in [-0.2, -0.15) is 11.8 Å². The van der Waals surface area contributed by atoms with Crippen molar-refractivity contribution in [2.75, 3.05) is 18.5 Å². The highest BCUT2D eigenvalue weighted by Gasteiger charge is 2.14. The van der Waals surface area contributed by atoms with Crippen LogP contribution in [-0.2, 0) is 10.5 Å². The fourth-order valence-corrected chi connectivity index (χ4v) is 4.70. The molecular weight excluding hydrogens is 394 g/mol. The molecular formula is C17H18BrNO2S2. The quantitative estimate of drug-likeness (QED) is 0.736. The van der Waals surface area contributed by atoms with Crippen LogP contribution in [0.3, 0.4) is 0 Å². The minimum atomic E-state index is -0.0683. The maximum atomic E-state index is 12.2. The van der Waals surface area contributed by atoms with Crippen molar-refractivity contribution in [2.24, 2.45) is 0 Å². The summed E-state index contributed by atoms with van der Waals surface area (Å²) in [5, 5.41) is 5.50. The average molecular weight is 412 g/mol. The van der Waals surface area contributed by atoms with Gasteiger partial charge in [-0.05, 0) is 52.5 Å². The molecule has 0 atom stereocenters. The molecule has 1 amide bonds. The Hall–Kier alpha value is -0.820. The number of ether oxygens (including phenoxy) is 1. The van der Waals surface area contributed by atoms with E-state index in [9.17, 15) is 4.79 Å². The average Bonchev–Trinajstić information content (AvgIpc) is 3.01. The first kappa shape index (κ1) is 17.0. The molecule has 1 aromatic carbocycles. The van der Waals surface area contributed by atoms with Crippen LogP contribution in [0.2, 0.25) is 0 Å². The molecule has 0 aliphatic carbocycles.